The van der Waals surface area contributed by atoms with Crippen molar-refractivity contribution in [1.82, 2.24) is 4.90 Å². The molecule has 0 radical (unpaired) electrons. The van der Waals surface area contributed by atoms with Crippen LogP contribution in [0.3, 0.4) is 0 Å². The summed E-state index contributed by atoms with van der Waals surface area (Å²) >= 11 is 5.84. The molecule has 5 heteroatoms. The summed E-state index contributed by atoms with van der Waals surface area (Å²) in [5.41, 5.74) is 5.51. The van der Waals surface area contributed by atoms with Crippen LogP contribution in [0.4, 0.5) is 0 Å². The number of carbonyl (C=O) groups is 1. The van der Waals surface area contributed by atoms with Crippen molar-refractivity contribution in [1.29, 1.82) is 0 Å². The molecule has 0 unspecified atom stereocenters. The first-order valence-electron chi connectivity index (χ1n) is 5.89. The van der Waals surface area contributed by atoms with Gasteiger partial charge in [-0.05, 0) is 31.5 Å². The van der Waals surface area contributed by atoms with Crippen LogP contribution in [-0.2, 0) is 4.79 Å². The fourth-order valence-corrected chi connectivity index (χ4v) is 1.69. The van der Waals surface area contributed by atoms with Crippen molar-refractivity contribution in [3.63, 3.8) is 0 Å². The van der Waals surface area contributed by atoms with Crippen molar-refractivity contribution >= 4 is 17.5 Å². The molecule has 0 heterocycles. The summed E-state index contributed by atoms with van der Waals surface area (Å²) in [5, 5.41) is 0.650. The van der Waals surface area contributed by atoms with Gasteiger partial charge in [0.1, 0.15) is 5.75 Å². The molecule has 1 atom stereocenters. The van der Waals surface area contributed by atoms with Crippen molar-refractivity contribution in [2.24, 2.45) is 5.73 Å². The normalized spacial score (nSPS) is 12.0. The molecule has 0 aromatic heterocycles. The predicted octanol–water partition coefficient (Wildman–Crippen LogP) is 1.91. The zero-order valence-corrected chi connectivity index (χ0v) is 11.5. The van der Waals surface area contributed by atoms with Crippen molar-refractivity contribution in [2.45, 2.75) is 19.4 Å². The minimum Gasteiger partial charge on any atom is -0.493 e. The number of benzene rings is 1. The molecule has 1 aromatic rings. The minimum atomic E-state index is -0.455. The monoisotopic (exact) mass is 270 g/mol. The summed E-state index contributed by atoms with van der Waals surface area (Å²) in [5.74, 6) is 0.682. The van der Waals surface area contributed by atoms with Gasteiger partial charge in [0.25, 0.3) is 0 Å². The number of nitrogens with two attached hydrogens (primary N) is 1. The first-order chi connectivity index (χ1) is 8.50. The number of halogens is 1. The van der Waals surface area contributed by atoms with Gasteiger partial charge < -0.3 is 15.4 Å². The van der Waals surface area contributed by atoms with E-state index in [1.54, 1.807) is 31.0 Å². The Morgan fingerprint density at radius 2 is 2.28 bits per heavy atom. The molecular formula is C13H19ClN2O2. The number of amides is 1. The highest BCUT2D eigenvalue weighted by molar-refractivity contribution is 6.30. The van der Waals surface area contributed by atoms with Crippen molar-refractivity contribution in [3.05, 3.63) is 29.3 Å². The average molecular weight is 271 g/mol. The second-order valence-corrected chi connectivity index (χ2v) is 4.64. The molecule has 0 saturated heterocycles. The van der Waals surface area contributed by atoms with E-state index in [4.69, 9.17) is 22.1 Å². The largest absolute Gasteiger partial charge is 0.493 e. The molecule has 18 heavy (non-hydrogen) atoms. The van der Waals surface area contributed by atoms with Gasteiger partial charge in [-0.15, -0.1) is 0 Å². The van der Waals surface area contributed by atoms with Crippen LogP contribution in [0.2, 0.25) is 5.02 Å². The molecule has 0 bridgehead atoms. The Balaban J connectivity index is 2.25. The van der Waals surface area contributed by atoms with Gasteiger partial charge in [0.15, 0.2) is 0 Å². The van der Waals surface area contributed by atoms with Crippen LogP contribution >= 0.6 is 11.6 Å². The smallest absolute Gasteiger partial charge is 0.238 e. The van der Waals surface area contributed by atoms with Crippen LogP contribution in [0.5, 0.6) is 5.75 Å². The molecule has 1 aromatic carbocycles. The van der Waals surface area contributed by atoms with E-state index in [9.17, 15) is 4.79 Å². The number of nitrogens with zero attached hydrogens (tertiary/aromatic N) is 1. The second-order valence-electron chi connectivity index (χ2n) is 4.21. The van der Waals surface area contributed by atoms with Crippen LogP contribution in [0.1, 0.15) is 13.3 Å². The first kappa shape index (κ1) is 14.8. The van der Waals surface area contributed by atoms with E-state index in [0.717, 1.165) is 12.2 Å². The molecule has 1 amide bonds. The minimum absolute atomic E-state index is 0.0576. The van der Waals surface area contributed by atoms with Gasteiger partial charge in [0.2, 0.25) is 5.91 Å². The van der Waals surface area contributed by atoms with E-state index in [-0.39, 0.29) is 5.91 Å². The quantitative estimate of drug-likeness (QED) is 0.804. The number of rotatable bonds is 6. The molecule has 0 aliphatic rings. The molecular weight excluding hydrogens is 252 g/mol. The Kier molecular flexibility index (Phi) is 5.95. The molecule has 0 aliphatic carbocycles. The number of carbonyl (C=O) groups excluding carboxylic acids is 1. The maximum Gasteiger partial charge on any atom is 0.238 e. The molecule has 100 valence electrons. The van der Waals surface area contributed by atoms with Gasteiger partial charge in [-0.2, -0.15) is 0 Å². The van der Waals surface area contributed by atoms with E-state index in [1.165, 1.54) is 0 Å². The molecule has 0 saturated carbocycles. The van der Waals surface area contributed by atoms with Gasteiger partial charge in [0.05, 0.1) is 12.6 Å². The molecule has 0 fully saturated rings. The average Bonchev–Trinajstić information content (AvgIpc) is 2.33. The Bertz CT molecular complexity index is 396. The topological polar surface area (TPSA) is 55.6 Å². The summed E-state index contributed by atoms with van der Waals surface area (Å²) in [6, 6.07) is 6.79. The lowest BCUT2D eigenvalue weighted by Crippen LogP contribution is -2.40. The first-order valence-corrected chi connectivity index (χ1v) is 6.27. The predicted molar refractivity (Wildman–Crippen MR) is 72.9 cm³/mol. The van der Waals surface area contributed by atoms with Crippen molar-refractivity contribution in [3.8, 4) is 5.75 Å². The SMILES string of the molecule is C[C@H](N)C(=O)N(C)CCCOc1cccc(Cl)c1. The Labute approximate surface area is 113 Å². The second kappa shape index (κ2) is 7.24. The van der Waals surface area contributed by atoms with Crippen LogP contribution in [0.25, 0.3) is 0 Å². The maximum absolute atomic E-state index is 11.5. The molecule has 1 rings (SSSR count). The zero-order valence-electron chi connectivity index (χ0n) is 10.7. The van der Waals surface area contributed by atoms with Crippen LogP contribution in [-0.4, -0.2) is 37.0 Å². The van der Waals surface area contributed by atoms with Gasteiger partial charge in [-0.1, -0.05) is 17.7 Å². The third-order valence-electron chi connectivity index (χ3n) is 2.47. The third-order valence-corrected chi connectivity index (χ3v) is 2.70. The van der Waals surface area contributed by atoms with Crippen LogP contribution in [0, 0.1) is 0 Å². The summed E-state index contributed by atoms with van der Waals surface area (Å²) in [6.07, 6.45) is 0.751. The lowest BCUT2D eigenvalue weighted by Gasteiger charge is -2.19. The highest BCUT2D eigenvalue weighted by Crippen LogP contribution is 2.17. The van der Waals surface area contributed by atoms with Gasteiger partial charge in [-0.3, -0.25) is 4.79 Å². The standard InChI is InChI=1S/C13H19ClN2O2/c1-10(15)13(17)16(2)7-4-8-18-12-6-3-5-11(14)9-12/h3,5-6,9-10H,4,7-8,15H2,1-2H3/t10-/m0/s1. The summed E-state index contributed by atoms with van der Waals surface area (Å²) < 4.78 is 5.52. The van der Waals surface area contributed by atoms with E-state index in [0.29, 0.717) is 18.2 Å². The third kappa shape index (κ3) is 4.94. The molecule has 2 N–H and O–H groups in total. The highest BCUT2D eigenvalue weighted by Gasteiger charge is 2.12. The summed E-state index contributed by atoms with van der Waals surface area (Å²) in [6.45, 7) is 2.85. The Morgan fingerprint density at radius 1 is 1.56 bits per heavy atom. The number of hydrogen-bond donors (Lipinski definition) is 1. The molecule has 4 nitrogen and oxygen atoms in total. The summed E-state index contributed by atoms with van der Waals surface area (Å²) in [4.78, 5) is 13.1. The van der Waals surface area contributed by atoms with Gasteiger partial charge in [0, 0.05) is 18.6 Å². The highest BCUT2D eigenvalue weighted by atomic mass is 35.5. The Morgan fingerprint density at radius 3 is 2.89 bits per heavy atom. The summed E-state index contributed by atoms with van der Waals surface area (Å²) in [7, 11) is 1.74. The zero-order chi connectivity index (χ0) is 13.5. The lowest BCUT2D eigenvalue weighted by atomic mass is 10.3. The Hall–Kier alpha value is -1.26. The number of likely N-dealkylation sites (N-methyl/N-ethyl adjacent to an activating group) is 1. The van der Waals surface area contributed by atoms with Crippen molar-refractivity contribution in [2.75, 3.05) is 20.2 Å². The van der Waals surface area contributed by atoms with E-state index >= 15 is 0 Å². The number of hydrogen-bond acceptors (Lipinski definition) is 3. The maximum atomic E-state index is 11.5. The van der Waals surface area contributed by atoms with Crippen LogP contribution < -0.4 is 10.5 Å². The van der Waals surface area contributed by atoms with Crippen LogP contribution in [0.15, 0.2) is 24.3 Å². The molecule has 0 spiro atoms. The van der Waals surface area contributed by atoms with Crippen molar-refractivity contribution < 1.29 is 9.53 Å². The lowest BCUT2D eigenvalue weighted by molar-refractivity contribution is -0.130. The fraction of sp³-hybridized carbons (Fsp3) is 0.462. The number of ether oxygens (including phenoxy) is 1. The van der Waals surface area contributed by atoms with E-state index in [2.05, 4.69) is 0 Å². The van der Waals surface area contributed by atoms with E-state index < -0.39 is 6.04 Å². The molecule has 0 aliphatic heterocycles. The van der Waals surface area contributed by atoms with Gasteiger partial charge in [-0.25, -0.2) is 0 Å². The fourth-order valence-electron chi connectivity index (χ4n) is 1.51. The van der Waals surface area contributed by atoms with Gasteiger partial charge >= 0.3 is 0 Å². The van der Waals surface area contributed by atoms with E-state index in [1.807, 2.05) is 12.1 Å².